The molecule has 0 aliphatic rings. The fourth-order valence-electron chi connectivity index (χ4n) is 1.76. The summed E-state index contributed by atoms with van der Waals surface area (Å²) in [5.74, 6) is 0.335. The standard InChI is InChI=1S/C14H21NO3/c1-4-5-6-7-8-15-11-9-12(16)14(18-3)10(2)13(11)17/h8-9,16-17H,4-7H2,1-3H3. The van der Waals surface area contributed by atoms with Gasteiger partial charge in [-0.3, -0.25) is 4.99 Å². The number of nitrogens with zero attached hydrogens (tertiary/aromatic N) is 1. The summed E-state index contributed by atoms with van der Waals surface area (Å²) < 4.78 is 5.01. The third kappa shape index (κ3) is 3.39. The third-order valence-electron chi connectivity index (χ3n) is 2.82. The van der Waals surface area contributed by atoms with E-state index < -0.39 is 0 Å². The van der Waals surface area contributed by atoms with Gasteiger partial charge < -0.3 is 14.9 Å². The first kappa shape index (κ1) is 14.4. The number of methoxy groups -OCH3 is 1. The molecule has 4 nitrogen and oxygen atoms in total. The second-order valence-electron chi connectivity index (χ2n) is 4.23. The topological polar surface area (TPSA) is 62.1 Å². The molecule has 0 saturated heterocycles. The Balaban J connectivity index is 2.84. The molecule has 0 aliphatic heterocycles. The molecule has 0 saturated carbocycles. The van der Waals surface area contributed by atoms with Crippen molar-refractivity contribution in [2.75, 3.05) is 7.11 Å². The normalized spacial score (nSPS) is 11.1. The zero-order valence-electron chi connectivity index (χ0n) is 11.2. The minimum atomic E-state index is -0.00601. The van der Waals surface area contributed by atoms with Crippen LogP contribution in [0.1, 0.15) is 38.2 Å². The Bertz CT molecular complexity index is 428. The van der Waals surface area contributed by atoms with E-state index in [1.807, 2.05) is 0 Å². The summed E-state index contributed by atoms with van der Waals surface area (Å²) in [6.45, 7) is 3.83. The second-order valence-corrected chi connectivity index (χ2v) is 4.23. The van der Waals surface area contributed by atoms with Crippen LogP contribution in [0.25, 0.3) is 0 Å². The van der Waals surface area contributed by atoms with E-state index in [2.05, 4.69) is 11.9 Å². The molecule has 0 aliphatic carbocycles. The smallest absolute Gasteiger partial charge is 0.167 e. The predicted octanol–water partition coefficient (Wildman–Crippen LogP) is 3.70. The van der Waals surface area contributed by atoms with Gasteiger partial charge in [0.25, 0.3) is 0 Å². The average Bonchev–Trinajstić information content (AvgIpc) is 2.35. The van der Waals surface area contributed by atoms with Crippen molar-refractivity contribution in [1.82, 2.24) is 0 Å². The summed E-state index contributed by atoms with van der Waals surface area (Å²) in [6.07, 6.45) is 6.07. The van der Waals surface area contributed by atoms with Gasteiger partial charge in [0.2, 0.25) is 0 Å². The first-order valence-electron chi connectivity index (χ1n) is 6.23. The lowest BCUT2D eigenvalue weighted by atomic mass is 10.1. The van der Waals surface area contributed by atoms with Crippen molar-refractivity contribution in [3.05, 3.63) is 11.6 Å². The molecule has 1 rings (SSSR count). The van der Waals surface area contributed by atoms with Crippen molar-refractivity contribution >= 4 is 11.9 Å². The Kier molecular flexibility index (Phi) is 5.49. The maximum atomic E-state index is 9.93. The average molecular weight is 251 g/mol. The van der Waals surface area contributed by atoms with Crippen LogP contribution in [0, 0.1) is 6.92 Å². The number of hydrogen-bond acceptors (Lipinski definition) is 4. The zero-order valence-corrected chi connectivity index (χ0v) is 11.2. The molecule has 18 heavy (non-hydrogen) atoms. The quantitative estimate of drug-likeness (QED) is 0.460. The molecular formula is C14H21NO3. The van der Waals surface area contributed by atoms with Crippen molar-refractivity contribution in [2.45, 2.75) is 39.5 Å². The van der Waals surface area contributed by atoms with E-state index in [0.717, 1.165) is 12.8 Å². The number of aromatic hydroxyl groups is 2. The Morgan fingerprint density at radius 3 is 2.67 bits per heavy atom. The Morgan fingerprint density at radius 2 is 2.06 bits per heavy atom. The summed E-state index contributed by atoms with van der Waals surface area (Å²) in [6, 6.07) is 1.41. The Morgan fingerprint density at radius 1 is 1.33 bits per heavy atom. The van der Waals surface area contributed by atoms with Gasteiger partial charge in [0.15, 0.2) is 11.5 Å². The van der Waals surface area contributed by atoms with Gasteiger partial charge in [0.05, 0.1) is 7.11 Å². The second kappa shape index (κ2) is 6.89. The summed E-state index contributed by atoms with van der Waals surface area (Å²) in [5, 5.41) is 19.7. The van der Waals surface area contributed by atoms with Crippen molar-refractivity contribution in [3.8, 4) is 17.2 Å². The molecule has 0 radical (unpaired) electrons. The number of benzene rings is 1. The fourth-order valence-corrected chi connectivity index (χ4v) is 1.76. The van der Waals surface area contributed by atoms with E-state index in [9.17, 15) is 10.2 Å². The van der Waals surface area contributed by atoms with Crippen molar-refractivity contribution in [3.63, 3.8) is 0 Å². The lowest BCUT2D eigenvalue weighted by Gasteiger charge is -2.10. The molecule has 0 aromatic heterocycles. The lowest BCUT2D eigenvalue weighted by Crippen LogP contribution is -1.89. The number of phenolic OH excluding ortho intramolecular Hbond substituents is 2. The first-order chi connectivity index (χ1) is 8.61. The van der Waals surface area contributed by atoms with Gasteiger partial charge in [0, 0.05) is 17.8 Å². The summed E-state index contributed by atoms with van der Waals surface area (Å²) >= 11 is 0. The molecule has 100 valence electrons. The number of hydrogen-bond donors (Lipinski definition) is 2. The van der Waals surface area contributed by atoms with Gasteiger partial charge >= 0.3 is 0 Å². The van der Waals surface area contributed by atoms with Crippen LogP contribution in [-0.2, 0) is 0 Å². The van der Waals surface area contributed by atoms with Crippen LogP contribution in [0.3, 0.4) is 0 Å². The van der Waals surface area contributed by atoms with Crippen molar-refractivity contribution < 1.29 is 14.9 Å². The first-order valence-corrected chi connectivity index (χ1v) is 6.23. The van der Waals surface area contributed by atoms with Crippen LogP contribution in [0.2, 0.25) is 0 Å². The van der Waals surface area contributed by atoms with Gasteiger partial charge in [-0.25, -0.2) is 0 Å². The van der Waals surface area contributed by atoms with E-state index in [-0.39, 0.29) is 17.2 Å². The van der Waals surface area contributed by atoms with E-state index in [1.165, 1.54) is 26.0 Å². The highest BCUT2D eigenvalue weighted by atomic mass is 16.5. The number of rotatable bonds is 6. The van der Waals surface area contributed by atoms with Crippen LogP contribution < -0.4 is 4.74 Å². The molecule has 0 heterocycles. The van der Waals surface area contributed by atoms with Crippen LogP contribution in [0.4, 0.5) is 5.69 Å². The molecule has 0 bridgehead atoms. The van der Waals surface area contributed by atoms with E-state index >= 15 is 0 Å². The lowest BCUT2D eigenvalue weighted by molar-refractivity contribution is 0.365. The highest BCUT2D eigenvalue weighted by Crippen LogP contribution is 2.42. The molecule has 0 fully saturated rings. The molecule has 1 aromatic rings. The maximum Gasteiger partial charge on any atom is 0.167 e. The van der Waals surface area contributed by atoms with Gasteiger partial charge in [-0.05, 0) is 19.8 Å². The van der Waals surface area contributed by atoms with E-state index in [4.69, 9.17) is 4.74 Å². The fraction of sp³-hybridized carbons (Fsp3) is 0.500. The summed E-state index contributed by atoms with van der Waals surface area (Å²) in [7, 11) is 1.45. The molecular weight excluding hydrogens is 230 g/mol. The molecule has 4 heteroatoms. The van der Waals surface area contributed by atoms with Gasteiger partial charge in [0.1, 0.15) is 11.4 Å². The number of phenols is 2. The van der Waals surface area contributed by atoms with Crippen molar-refractivity contribution in [2.24, 2.45) is 4.99 Å². The molecule has 0 unspecified atom stereocenters. The molecule has 0 atom stereocenters. The monoisotopic (exact) mass is 251 g/mol. The van der Waals surface area contributed by atoms with Crippen LogP contribution in [0.5, 0.6) is 17.2 Å². The molecule has 0 spiro atoms. The molecule has 0 amide bonds. The van der Waals surface area contributed by atoms with Gasteiger partial charge in [-0.1, -0.05) is 19.8 Å². The molecule has 1 aromatic carbocycles. The highest BCUT2D eigenvalue weighted by molar-refractivity contribution is 5.71. The van der Waals surface area contributed by atoms with Crippen molar-refractivity contribution in [1.29, 1.82) is 0 Å². The number of ether oxygens (including phenoxy) is 1. The van der Waals surface area contributed by atoms with Gasteiger partial charge in [-0.15, -0.1) is 0 Å². The minimum absolute atomic E-state index is 0.00601. The molecule has 2 N–H and O–H groups in total. The van der Waals surface area contributed by atoms with Gasteiger partial charge in [-0.2, -0.15) is 0 Å². The number of aliphatic imine (C=N–C) groups is 1. The zero-order chi connectivity index (χ0) is 13.5. The maximum absolute atomic E-state index is 9.93. The minimum Gasteiger partial charge on any atom is -0.505 e. The Labute approximate surface area is 108 Å². The summed E-state index contributed by atoms with van der Waals surface area (Å²) in [5.41, 5.74) is 0.875. The van der Waals surface area contributed by atoms with Crippen LogP contribution in [0.15, 0.2) is 11.1 Å². The third-order valence-corrected chi connectivity index (χ3v) is 2.82. The van der Waals surface area contributed by atoms with Crippen LogP contribution in [-0.4, -0.2) is 23.5 Å². The SMILES string of the molecule is CCCCCC=Nc1cc(O)c(OC)c(C)c1O. The van der Waals surface area contributed by atoms with E-state index in [0.29, 0.717) is 11.3 Å². The Hall–Kier alpha value is -1.71. The predicted molar refractivity (Wildman–Crippen MR) is 73.4 cm³/mol. The summed E-state index contributed by atoms with van der Waals surface area (Å²) in [4.78, 5) is 4.18. The van der Waals surface area contributed by atoms with E-state index in [1.54, 1.807) is 13.1 Å². The largest absolute Gasteiger partial charge is 0.505 e. The highest BCUT2D eigenvalue weighted by Gasteiger charge is 2.13. The van der Waals surface area contributed by atoms with Crippen LogP contribution >= 0.6 is 0 Å². The number of unbranched alkanes of at least 4 members (excludes halogenated alkanes) is 3.